The van der Waals surface area contributed by atoms with E-state index < -0.39 is 0 Å². The molecule has 0 saturated heterocycles. The number of hydrogen-bond acceptors (Lipinski definition) is 2. The van der Waals surface area contributed by atoms with E-state index >= 15 is 0 Å². The van der Waals surface area contributed by atoms with Gasteiger partial charge in [-0.25, -0.2) is 4.98 Å². The number of nitrogens with zero attached hydrogens (tertiary/aromatic N) is 1. The summed E-state index contributed by atoms with van der Waals surface area (Å²) >= 11 is 0. The Hall–Kier alpha value is -1.57. The molecule has 2 heterocycles. The third kappa shape index (κ3) is 3.98. The van der Waals surface area contributed by atoms with Gasteiger partial charge in [-0.05, 0) is 24.3 Å². The first-order chi connectivity index (χ1) is 7.36. The van der Waals surface area contributed by atoms with Crippen LogP contribution in [0.3, 0.4) is 0 Å². The lowest BCUT2D eigenvalue weighted by Crippen LogP contribution is -2.02. The Bertz CT molecular complexity index is 327. The van der Waals surface area contributed by atoms with Crippen molar-refractivity contribution in [2.24, 2.45) is 0 Å². The van der Waals surface area contributed by atoms with Crippen LogP contribution in [0, 0.1) is 0 Å². The molecule has 0 radical (unpaired) electrons. The second kappa shape index (κ2) is 7.80. The lowest BCUT2D eigenvalue weighted by atomic mass is 10.2. The highest BCUT2D eigenvalue weighted by Gasteiger charge is 2.03. The number of anilines is 1. The zero-order valence-corrected chi connectivity index (χ0v) is 10.0. The van der Waals surface area contributed by atoms with Gasteiger partial charge in [-0.2, -0.15) is 0 Å². The Kier molecular flexibility index (Phi) is 6.98. The number of pyridine rings is 1. The molecule has 1 aliphatic heterocycles. The monoisotopic (exact) mass is 204 g/mol. The number of aromatic nitrogens is 1. The van der Waals surface area contributed by atoms with Crippen molar-refractivity contribution < 1.29 is 0 Å². The summed E-state index contributed by atoms with van der Waals surface area (Å²) in [5.74, 6) is 0.889. The maximum atomic E-state index is 4.15. The predicted octanol–water partition coefficient (Wildman–Crippen LogP) is 4.09. The van der Waals surface area contributed by atoms with Crippen LogP contribution in [0.2, 0.25) is 0 Å². The van der Waals surface area contributed by atoms with Crippen LogP contribution < -0.4 is 5.32 Å². The van der Waals surface area contributed by atoms with Crippen molar-refractivity contribution in [2.75, 3.05) is 5.32 Å². The molecule has 1 aromatic heterocycles. The van der Waals surface area contributed by atoms with Crippen LogP contribution in [0.15, 0.2) is 36.7 Å². The standard InChI is InChI=1S/C9H8N2.2C2H6/c1-7-4-5-8-3-2-6-10-9(8)11-7;2*1-2/h2-6H,1H2,(H,10,11);2*1-2H3. The molecule has 82 valence electrons. The van der Waals surface area contributed by atoms with E-state index in [-0.39, 0.29) is 0 Å². The van der Waals surface area contributed by atoms with Gasteiger partial charge in [-0.1, -0.05) is 34.3 Å². The Morgan fingerprint density at radius 3 is 2.47 bits per heavy atom. The average Bonchev–Trinajstić information content (AvgIpc) is 2.34. The van der Waals surface area contributed by atoms with Crippen LogP contribution in [0.5, 0.6) is 0 Å². The minimum Gasteiger partial charge on any atom is -0.340 e. The second-order valence-corrected chi connectivity index (χ2v) is 2.42. The summed E-state index contributed by atoms with van der Waals surface area (Å²) in [4.78, 5) is 4.15. The van der Waals surface area contributed by atoms with Crippen LogP contribution in [-0.4, -0.2) is 4.98 Å². The summed E-state index contributed by atoms with van der Waals surface area (Å²) in [5, 5.41) is 3.07. The minimum atomic E-state index is 0.885. The Morgan fingerprint density at radius 2 is 1.80 bits per heavy atom. The third-order valence-electron chi connectivity index (χ3n) is 1.58. The van der Waals surface area contributed by atoms with Crippen molar-refractivity contribution in [1.29, 1.82) is 0 Å². The molecule has 1 aromatic rings. The summed E-state index contributed by atoms with van der Waals surface area (Å²) in [5.41, 5.74) is 2.00. The molecule has 0 atom stereocenters. The van der Waals surface area contributed by atoms with Crippen LogP contribution in [0.25, 0.3) is 6.08 Å². The Labute approximate surface area is 92.7 Å². The van der Waals surface area contributed by atoms with Gasteiger partial charge in [0.05, 0.1) is 0 Å². The molecule has 0 spiro atoms. The molecular weight excluding hydrogens is 184 g/mol. The fraction of sp³-hybridized carbons (Fsp3) is 0.308. The van der Waals surface area contributed by atoms with Gasteiger partial charge >= 0.3 is 0 Å². The van der Waals surface area contributed by atoms with Crippen molar-refractivity contribution in [1.82, 2.24) is 4.98 Å². The van der Waals surface area contributed by atoms with Crippen LogP contribution in [-0.2, 0) is 0 Å². The molecule has 2 rings (SSSR count). The van der Waals surface area contributed by atoms with Gasteiger partial charge in [-0.3, -0.25) is 0 Å². The fourth-order valence-electron chi connectivity index (χ4n) is 1.04. The lowest BCUT2D eigenvalue weighted by molar-refractivity contribution is 1.27. The highest BCUT2D eigenvalue weighted by molar-refractivity contribution is 5.71. The normalized spacial score (nSPS) is 11.1. The number of hydrogen-bond donors (Lipinski definition) is 1. The van der Waals surface area contributed by atoms with E-state index in [4.69, 9.17) is 0 Å². The first kappa shape index (κ1) is 13.4. The zero-order valence-electron chi connectivity index (χ0n) is 10.0. The largest absolute Gasteiger partial charge is 0.340 e. The van der Waals surface area contributed by atoms with E-state index in [0.29, 0.717) is 0 Å². The van der Waals surface area contributed by atoms with Crippen molar-refractivity contribution in [3.8, 4) is 0 Å². The summed E-state index contributed by atoms with van der Waals surface area (Å²) < 4.78 is 0. The molecule has 1 N–H and O–H groups in total. The van der Waals surface area contributed by atoms with Crippen molar-refractivity contribution >= 4 is 11.9 Å². The second-order valence-electron chi connectivity index (χ2n) is 2.42. The van der Waals surface area contributed by atoms with Gasteiger partial charge in [0, 0.05) is 17.5 Å². The Balaban J connectivity index is 0.000000442. The maximum absolute atomic E-state index is 4.15. The van der Waals surface area contributed by atoms with Crippen molar-refractivity contribution in [2.45, 2.75) is 27.7 Å². The van der Waals surface area contributed by atoms with Gasteiger partial charge in [-0.15, -0.1) is 0 Å². The van der Waals surface area contributed by atoms with E-state index in [1.54, 1.807) is 6.20 Å². The molecule has 0 bridgehead atoms. The molecule has 2 nitrogen and oxygen atoms in total. The van der Waals surface area contributed by atoms with Gasteiger partial charge in [0.1, 0.15) is 5.82 Å². The Morgan fingerprint density at radius 1 is 1.13 bits per heavy atom. The number of rotatable bonds is 0. The quantitative estimate of drug-likeness (QED) is 0.688. The van der Waals surface area contributed by atoms with Crippen molar-refractivity contribution in [3.05, 3.63) is 42.2 Å². The molecule has 1 aliphatic rings. The molecule has 0 aliphatic carbocycles. The smallest absolute Gasteiger partial charge is 0.137 e. The highest BCUT2D eigenvalue weighted by Crippen LogP contribution is 2.19. The van der Waals surface area contributed by atoms with E-state index in [1.165, 1.54) is 0 Å². The lowest BCUT2D eigenvalue weighted by Gasteiger charge is -2.12. The van der Waals surface area contributed by atoms with Crippen LogP contribution in [0.1, 0.15) is 33.3 Å². The first-order valence-electron chi connectivity index (χ1n) is 5.45. The van der Waals surface area contributed by atoms with Gasteiger partial charge in [0.15, 0.2) is 0 Å². The summed E-state index contributed by atoms with van der Waals surface area (Å²) in [6, 6.07) is 3.93. The molecule has 2 heteroatoms. The highest BCUT2D eigenvalue weighted by atomic mass is 15.0. The molecule has 0 amide bonds. The molecule has 0 aromatic carbocycles. The van der Waals surface area contributed by atoms with Crippen LogP contribution >= 0.6 is 0 Å². The van der Waals surface area contributed by atoms with E-state index in [2.05, 4.69) is 16.9 Å². The summed E-state index contributed by atoms with van der Waals surface area (Å²) in [6.45, 7) is 11.8. The fourth-order valence-corrected chi connectivity index (χ4v) is 1.04. The van der Waals surface area contributed by atoms with Gasteiger partial charge in [0.2, 0.25) is 0 Å². The molecular formula is C13H20N2. The van der Waals surface area contributed by atoms with E-state index in [9.17, 15) is 0 Å². The van der Waals surface area contributed by atoms with Gasteiger partial charge in [0.25, 0.3) is 0 Å². The number of allylic oxidation sites excluding steroid dienone is 1. The van der Waals surface area contributed by atoms with Crippen LogP contribution in [0.4, 0.5) is 5.82 Å². The SMILES string of the molecule is C=C1C=Cc2cccnc2N1.CC.CC. The number of fused-ring (bicyclic) bond motifs is 1. The molecule has 0 unspecified atom stereocenters. The molecule has 0 saturated carbocycles. The third-order valence-corrected chi connectivity index (χ3v) is 1.58. The van der Waals surface area contributed by atoms with E-state index in [0.717, 1.165) is 17.1 Å². The topological polar surface area (TPSA) is 24.9 Å². The van der Waals surface area contributed by atoms with E-state index in [1.807, 2.05) is 52.0 Å². The maximum Gasteiger partial charge on any atom is 0.137 e. The molecule has 15 heavy (non-hydrogen) atoms. The van der Waals surface area contributed by atoms with Crippen molar-refractivity contribution in [3.63, 3.8) is 0 Å². The average molecular weight is 204 g/mol. The zero-order chi connectivity index (χ0) is 11.7. The minimum absolute atomic E-state index is 0.885. The summed E-state index contributed by atoms with van der Waals surface area (Å²) in [6.07, 6.45) is 5.70. The van der Waals surface area contributed by atoms with Gasteiger partial charge < -0.3 is 5.32 Å². The first-order valence-corrected chi connectivity index (χ1v) is 5.45. The predicted molar refractivity (Wildman–Crippen MR) is 68.7 cm³/mol. The number of nitrogens with one attached hydrogen (secondary N) is 1. The molecule has 0 fully saturated rings. The summed E-state index contributed by atoms with van der Waals surface area (Å²) in [7, 11) is 0.